The molecule has 0 atom stereocenters. The molecule has 0 saturated carbocycles. The lowest BCUT2D eigenvalue weighted by Crippen LogP contribution is -2.00. The number of thioether (sulfide) groups is 1. The zero-order valence-corrected chi connectivity index (χ0v) is 11.5. The third-order valence-electron chi connectivity index (χ3n) is 2.54. The molecule has 1 aromatic carbocycles. The third kappa shape index (κ3) is 4.03. The Morgan fingerprint density at radius 1 is 1.16 bits per heavy atom. The molecule has 2 aromatic rings. The minimum absolute atomic E-state index is 0.215. The highest BCUT2D eigenvalue weighted by atomic mass is 32.2. The van der Waals surface area contributed by atoms with E-state index < -0.39 is 0 Å². The van der Waals surface area contributed by atoms with Crippen molar-refractivity contribution in [3.8, 4) is 5.75 Å². The molecule has 100 valence electrons. The van der Waals surface area contributed by atoms with Crippen molar-refractivity contribution in [3.05, 3.63) is 35.9 Å². The van der Waals surface area contributed by atoms with Crippen LogP contribution in [0.3, 0.4) is 0 Å². The molecule has 0 radical (unpaired) electrons. The van der Waals surface area contributed by atoms with E-state index in [1.54, 1.807) is 24.9 Å². The Bertz CT molecular complexity index is 525. The van der Waals surface area contributed by atoms with Crippen LogP contribution >= 0.6 is 11.8 Å². The molecule has 0 aliphatic rings. The van der Waals surface area contributed by atoms with Crippen LogP contribution in [-0.4, -0.2) is 22.8 Å². The second kappa shape index (κ2) is 6.29. The number of methoxy groups -OCH3 is 1. The Kier molecular flexibility index (Phi) is 4.46. The van der Waals surface area contributed by atoms with Gasteiger partial charge in [-0.05, 0) is 24.1 Å². The maximum absolute atomic E-state index is 5.62. The van der Waals surface area contributed by atoms with E-state index in [4.69, 9.17) is 16.2 Å². The van der Waals surface area contributed by atoms with E-state index in [1.807, 2.05) is 12.1 Å². The first-order chi connectivity index (χ1) is 9.17. The molecule has 0 amide bonds. The third-order valence-corrected chi connectivity index (χ3v) is 3.45. The second-order valence-corrected chi connectivity index (χ2v) is 5.05. The van der Waals surface area contributed by atoms with Gasteiger partial charge in [-0.3, -0.25) is 0 Å². The topological polar surface area (TPSA) is 87.0 Å². The highest BCUT2D eigenvalue weighted by molar-refractivity contribution is 7.99. The molecular formula is C13H16N4OS. The molecule has 5 nitrogen and oxygen atoms in total. The van der Waals surface area contributed by atoms with E-state index in [0.29, 0.717) is 5.82 Å². The van der Waals surface area contributed by atoms with Crippen molar-refractivity contribution in [1.29, 1.82) is 0 Å². The maximum atomic E-state index is 5.62. The van der Waals surface area contributed by atoms with Gasteiger partial charge in [0.2, 0.25) is 5.95 Å². The van der Waals surface area contributed by atoms with E-state index in [-0.39, 0.29) is 5.95 Å². The minimum atomic E-state index is 0.215. The van der Waals surface area contributed by atoms with Crippen molar-refractivity contribution >= 4 is 23.5 Å². The average Bonchev–Trinajstić information content (AvgIpc) is 2.38. The van der Waals surface area contributed by atoms with Gasteiger partial charge in [0, 0.05) is 11.8 Å². The van der Waals surface area contributed by atoms with Crippen LogP contribution in [0.4, 0.5) is 11.8 Å². The minimum Gasteiger partial charge on any atom is -0.497 e. The number of benzene rings is 1. The molecular weight excluding hydrogens is 260 g/mol. The van der Waals surface area contributed by atoms with Gasteiger partial charge in [0.1, 0.15) is 16.6 Å². The summed E-state index contributed by atoms with van der Waals surface area (Å²) in [6, 6.07) is 9.76. The Morgan fingerprint density at radius 2 is 1.89 bits per heavy atom. The first-order valence-electron chi connectivity index (χ1n) is 5.83. The number of aryl methyl sites for hydroxylation is 1. The summed E-state index contributed by atoms with van der Waals surface area (Å²) in [5.74, 6) is 2.39. The fourth-order valence-corrected chi connectivity index (χ4v) is 2.51. The number of nitrogens with zero attached hydrogens (tertiary/aromatic N) is 2. The van der Waals surface area contributed by atoms with Gasteiger partial charge >= 0.3 is 0 Å². The number of hydrogen-bond donors (Lipinski definition) is 2. The summed E-state index contributed by atoms with van der Waals surface area (Å²) in [5.41, 5.74) is 12.4. The summed E-state index contributed by atoms with van der Waals surface area (Å²) >= 11 is 1.61. The lowest BCUT2D eigenvalue weighted by molar-refractivity contribution is 0.414. The first kappa shape index (κ1) is 13.5. The van der Waals surface area contributed by atoms with Crippen LogP contribution in [0.25, 0.3) is 0 Å². The fraction of sp³-hybridized carbons (Fsp3) is 0.231. The molecule has 0 bridgehead atoms. The molecule has 0 aliphatic carbocycles. The van der Waals surface area contributed by atoms with Crippen molar-refractivity contribution in [3.63, 3.8) is 0 Å². The van der Waals surface area contributed by atoms with Crippen LogP contribution < -0.4 is 16.2 Å². The number of rotatable bonds is 5. The van der Waals surface area contributed by atoms with Crippen molar-refractivity contribution in [2.75, 3.05) is 24.3 Å². The van der Waals surface area contributed by atoms with E-state index in [9.17, 15) is 0 Å². The van der Waals surface area contributed by atoms with E-state index in [1.165, 1.54) is 5.56 Å². The number of hydrogen-bond acceptors (Lipinski definition) is 6. The Hall–Kier alpha value is -1.95. The van der Waals surface area contributed by atoms with E-state index in [2.05, 4.69) is 22.1 Å². The zero-order chi connectivity index (χ0) is 13.7. The summed E-state index contributed by atoms with van der Waals surface area (Å²) < 4.78 is 5.12. The Labute approximate surface area is 116 Å². The largest absolute Gasteiger partial charge is 0.497 e. The monoisotopic (exact) mass is 276 g/mol. The highest BCUT2D eigenvalue weighted by Gasteiger charge is 2.01. The summed E-state index contributed by atoms with van der Waals surface area (Å²) in [6.07, 6.45) is 0.943. The highest BCUT2D eigenvalue weighted by Crippen LogP contribution is 2.20. The molecule has 0 unspecified atom stereocenters. The molecule has 4 N–H and O–H groups in total. The number of anilines is 2. The van der Waals surface area contributed by atoms with E-state index >= 15 is 0 Å². The molecule has 0 fully saturated rings. The summed E-state index contributed by atoms with van der Waals surface area (Å²) in [7, 11) is 1.66. The fourth-order valence-electron chi connectivity index (χ4n) is 1.60. The molecule has 1 heterocycles. The molecule has 6 heteroatoms. The van der Waals surface area contributed by atoms with Crippen LogP contribution in [0, 0.1) is 0 Å². The predicted octanol–water partition coefficient (Wildman–Crippen LogP) is 1.98. The lowest BCUT2D eigenvalue weighted by Gasteiger charge is -2.04. The van der Waals surface area contributed by atoms with Crippen molar-refractivity contribution < 1.29 is 4.74 Å². The van der Waals surface area contributed by atoms with Crippen LogP contribution in [0.1, 0.15) is 5.56 Å². The maximum Gasteiger partial charge on any atom is 0.223 e. The number of ether oxygens (including phenoxy) is 1. The molecule has 2 rings (SSSR count). The summed E-state index contributed by atoms with van der Waals surface area (Å²) in [6.45, 7) is 0. The van der Waals surface area contributed by atoms with Crippen LogP contribution in [-0.2, 0) is 6.42 Å². The van der Waals surface area contributed by atoms with Gasteiger partial charge in [0.05, 0.1) is 7.11 Å². The van der Waals surface area contributed by atoms with Crippen LogP contribution in [0.5, 0.6) is 5.75 Å². The predicted molar refractivity (Wildman–Crippen MR) is 78.3 cm³/mol. The van der Waals surface area contributed by atoms with Gasteiger partial charge in [-0.1, -0.05) is 12.1 Å². The van der Waals surface area contributed by atoms with E-state index in [0.717, 1.165) is 22.9 Å². The standard InChI is InChI=1S/C13H16N4OS/c1-18-10-4-2-9(3-5-10)6-7-19-12-8-11(14)16-13(15)17-12/h2-5,8H,6-7H2,1H3,(H4,14,15,16,17). The Balaban J connectivity index is 1.88. The van der Waals surface area contributed by atoms with Crippen LogP contribution in [0.15, 0.2) is 35.4 Å². The second-order valence-electron chi connectivity index (χ2n) is 3.94. The zero-order valence-electron chi connectivity index (χ0n) is 10.7. The van der Waals surface area contributed by atoms with Crippen molar-refractivity contribution in [2.24, 2.45) is 0 Å². The molecule has 0 spiro atoms. The molecule has 19 heavy (non-hydrogen) atoms. The normalized spacial score (nSPS) is 10.4. The molecule has 1 aromatic heterocycles. The van der Waals surface area contributed by atoms with Gasteiger partial charge in [0.25, 0.3) is 0 Å². The summed E-state index contributed by atoms with van der Waals surface area (Å²) in [4.78, 5) is 7.96. The lowest BCUT2D eigenvalue weighted by atomic mass is 10.2. The summed E-state index contributed by atoms with van der Waals surface area (Å²) in [5, 5.41) is 0.804. The SMILES string of the molecule is COc1ccc(CCSc2cc(N)nc(N)n2)cc1. The first-order valence-corrected chi connectivity index (χ1v) is 6.81. The number of nitrogens with two attached hydrogens (primary N) is 2. The van der Waals surface area contributed by atoms with Gasteiger partial charge in [-0.2, -0.15) is 4.98 Å². The van der Waals surface area contributed by atoms with Gasteiger partial charge in [0.15, 0.2) is 0 Å². The van der Waals surface area contributed by atoms with Gasteiger partial charge in [-0.15, -0.1) is 11.8 Å². The smallest absolute Gasteiger partial charge is 0.223 e. The van der Waals surface area contributed by atoms with Gasteiger partial charge in [-0.25, -0.2) is 4.98 Å². The average molecular weight is 276 g/mol. The number of nitrogen functional groups attached to an aromatic ring is 2. The molecule has 0 saturated heterocycles. The molecule has 0 aliphatic heterocycles. The van der Waals surface area contributed by atoms with Crippen molar-refractivity contribution in [1.82, 2.24) is 9.97 Å². The van der Waals surface area contributed by atoms with Gasteiger partial charge < -0.3 is 16.2 Å². The number of aromatic nitrogens is 2. The van der Waals surface area contributed by atoms with Crippen molar-refractivity contribution in [2.45, 2.75) is 11.4 Å². The van der Waals surface area contributed by atoms with Crippen LogP contribution in [0.2, 0.25) is 0 Å². The quantitative estimate of drug-likeness (QED) is 0.641. The Morgan fingerprint density at radius 3 is 2.53 bits per heavy atom.